The normalized spacial score (nSPS) is 10.9. The summed E-state index contributed by atoms with van der Waals surface area (Å²) in [4.78, 5) is 9.07. The number of anilines is 2. The van der Waals surface area contributed by atoms with Crippen LogP contribution in [0.25, 0.3) is 16.9 Å². The van der Waals surface area contributed by atoms with Crippen molar-refractivity contribution in [2.24, 2.45) is 0 Å². The van der Waals surface area contributed by atoms with Gasteiger partial charge >= 0.3 is 0 Å². The highest BCUT2D eigenvalue weighted by atomic mass is 15.1. The first-order chi connectivity index (χ1) is 12.8. The molecular formula is C21H21N5. The van der Waals surface area contributed by atoms with Gasteiger partial charge in [-0.05, 0) is 30.5 Å². The Labute approximate surface area is 152 Å². The maximum atomic E-state index is 5.79. The van der Waals surface area contributed by atoms with E-state index in [9.17, 15) is 0 Å². The van der Waals surface area contributed by atoms with Crippen LogP contribution in [0.5, 0.6) is 0 Å². The lowest BCUT2D eigenvalue weighted by Gasteiger charge is -2.11. The molecule has 5 heteroatoms. The van der Waals surface area contributed by atoms with Crippen molar-refractivity contribution in [3.63, 3.8) is 0 Å². The van der Waals surface area contributed by atoms with Crippen LogP contribution in [0, 0.1) is 0 Å². The van der Waals surface area contributed by atoms with E-state index in [2.05, 4.69) is 44.0 Å². The van der Waals surface area contributed by atoms with Gasteiger partial charge in [-0.2, -0.15) is 0 Å². The first-order valence-electron chi connectivity index (χ1n) is 8.77. The highest BCUT2D eigenvalue weighted by molar-refractivity contribution is 5.71. The van der Waals surface area contributed by atoms with Crippen molar-refractivity contribution in [3.8, 4) is 11.3 Å². The third-order valence-electron chi connectivity index (χ3n) is 4.41. The van der Waals surface area contributed by atoms with Gasteiger partial charge in [0.15, 0.2) is 11.5 Å². The number of hydrogen-bond donors (Lipinski definition) is 2. The second kappa shape index (κ2) is 7.27. The number of nitrogens with zero attached hydrogens (tertiary/aromatic N) is 3. The molecule has 0 radical (unpaired) electrons. The summed E-state index contributed by atoms with van der Waals surface area (Å²) in [6, 6.07) is 18.3. The topological polar surface area (TPSA) is 68.2 Å². The summed E-state index contributed by atoms with van der Waals surface area (Å²) in [5.74, 6) is 0.808. The van der Waals surface area contributed by atoms with Crippen LogP contribution in [0.1, 0.15) is 12.0 Å². The Bertz CT molecular complexity index is 990. The molecule has 4 aromatic rings. The number of fused-ring (bicyclic) bond motifs is 1. The molecule has 26 heavy (non-hydrogen) atoms. The fraction of sp³-hybridized carbons (Fsp3) is 0.143. The molecule has 0 unspecified atom stereocenters. The minimum atomic E-state index is 0.750. The Balaban J connectivity index is 1.49. The number of nitrogens with one attached hydrogen (secondary N) is 1. The van der Waals surface area contributed by atoms with Crippen LogP contribution in [0.4, 0.5) is 11.5 Å². The molecule has 3 N–H and O–H groups in total. The van der Waals surface area contributed by atoms with Crippen LogP contribution in [0.3, 0.4) is 0 Å². The number of rotatable bonds is 6. The van der Waals surface area contributed by atoms with Crippen molar-refractivity contribution in [1.82, 2.24) is 14.4 Å². The fourth-order valence-corrected chi connectivity index (χ4v) is 3.05. The van der Waals surface area contributed by atoms with Gasteiger partial charge in [0.25, 0.3) is 0 Å². The van der Waals surface area contributed by atoms with Crippen molar-refractivity contribution < 1.29 is 0 Å². The molecule has 0 bridgehead atoms. The maximum absolute atomic E-state index is 5.79. The van der Waals surface area contributed by atoms with Crippen molar-refractivity contribution >= 4 is 17.2 Å². The minimum Gasteiger partial charge on any atom is -0.399 e. The highest BCUT2D eigenvalue weighted by Crippen LogP contribution is 2.24. The lowest BCUT2D eigenvalue weighted by molar-refractivity contribution is 0.858. The molecule has 2 heterocycles. The molecule has 0 aliphatic heterocycles. The Morgan fingerprint density at radius 2 is 1.77 bits per heavy atom. The number of nitrogens with two attached hydrogens (primary N) is 1. The monoisotopic (exact) mass is 343 g/mol. The number of imidazole rings is 1. The lowest BCUT2D eigenvalue weighted by Crippen LogP contribution is -2.07. The van der Waals surface area contributed by atoms with Crippen molar-refractivity contribution in [2.45, 2.75) is 12.8 Å². The minimum absolute atomic E-state index is 0.750. The average molecular weight is 343 g/mol. The molecule has 0 fully saturated rings. The predicted molar refractivity (Wildman–Crippen MR) is 106 cm³/mol. The molecule has 5 nitrogen and oxygen atoms in total. The average Bonchev–Trinajstić information content (AvgIpc) is 3.17. The van der Waals surface area contributed by atoms with Gasteiger partial charge in [0.05, 0.1) is 11.9 Å². The SMILES string of the molecule is Nc1ccc(-c2cnc(NCCCc3ccccc3)c3nccn23)cc1. The van der Waals surface area contributed by atoms with E-state index in [4.69, 9.17) is 5.73 Å². The van der Waals surface area contributed by atoms with Crippen LogP contribution < -0.4 is 11.1 Å². The molecule has 0 saturated carbocycles. The van der Waals surface area contributed by atoms with Gasteiger partial charge in [0.1, 0.15) is 0 Å². The Morgan fingerprint density at radius 1 is 0.962 bits per heavy atom. The molecule has 0 aliphatic carbocycles. The summed E-state index contributed by atoms with van der Waals surface area (Å²) in [5.41, 5.74) is 10.8. The van der Waals surface area contributed by atoms with Crippen LogP contribution in [0.15, 0.2) is 73.2 Å². The molecule has 4 rings (SSSR count). The summed E-state index contributed by atoms with van der Waals surface area (Å²) in [6.07, 6.45) is 7.71. The number of benzene rings is 2. The molecule has 2 aromatic heterocycles. The smallest absolute Gasteiger partial charge is 0.180 e. The zero-order valence-corrected chi connectivity index (χ0v) is 14.5. The first-order valence-corrected chi connectivity index (χ1v) is 8.77. The van der Waals surface area contributed by atoms with Gasteiger partial charge in [0, 0.05) is 30.2 Å². The summed E-state index contributed by atoms with van der Waals surface area (Å²) in [7, 11) is 0. The van der Waals surface area contributed by atoms with E-state index in [1.807, 2.05) is 42.7 Å². The van der Waals surface area contributed by atoms with Gasteiger partial charge in [-0.15, -0.1) is 0 Å². The van der Waals surface area contributed by atoms with Crippen LogP contribution in [-0.2, 0) is 6.42 Å². The second-order valence-electron chi connectivity index (χ2n) is 6.25. The van der Waals surface area contributed by atoms with E-state index in [1.54, 1.807) is 6.20 Å². The van der Waals surface area contributed by atoms with Crippen LogP contribution >= 0.6 is 0 Å². The van der Waals surface area contributed by atoms with Gasteiger partial charge in [0.2, 0.25) is 0 Å². The predicted octanol–water partition coefficient (Wildman–Crippen LogP) is 4.02. The second-order valence-corrected chi connectivity index (χ2v) is 6.25. The molecular weight excluding hydrogens is 322 g/mol. The molecule has 130 valence electrons. The lowest BCUT2D eigenvalue weighted by atomic mass is 10.1. The Hall–Kier alpha value is -3.34. The number of aryl methyl sites for hydroxylation is 1. The van der Waals surface area contributed by atoms with Gasteiger partial charge in [-0.3, -0.25) is 4.40 Å². The van der Waals surface area contributed by atoms with E-state index >= 15 is 0 Å². The third-order valence-corrected chi connectivity index (χ3v) is 4.41. The summed E-state index contributed by atoms with van der Waals surface area (Å²) >= 11 is 0. The largest absolute Gasteiger partial charge is 0.399 e. The Kier molecular flexibility index (Phi) is 4.51. The summed E-state index contributed by atoms with van der Waals surface area (Å²) in [5, 5.41) is 3.42. The summed E-state index contributed by atoms with van der Waals surface area (Å²) < 4.78 is 2.05. The quantitative estimate of drug-likeness (QED) is 0.410. The van der Waals surface area contributed by atoms with Gasteiger partial charge in [-0.1, -0.05) is 42.5 Å². The maximum Gasteiger partial charge on any atom is 0.180 e. The standard InChI is InChI=1S/C21H21N5/c22-18-10-8-17(9-11-18)19-15-25-20(21-24-13-14-26(19)21)23-12-4-7-16-5-2-1-3-6-16/h1-3,5-6,8-11,13-15H,4,7,12,22H2,(H,23,25). The Morgan fingerprint density at radius 3 is 2.58 bits per heavy atom. The van der Waals surface area contributed by atoms with E-state index in [-0.39, 0.29) is 0 Å². The first kappa shape index (κ1) is 16.1. The molecule has 0 amide bonds. The molecule has 2 aromatic carbocycles. The van der Waals surface area contributed by atoms with E-state index in [0.29, 0.717) is 0 Å². The van der Waals surface area contributed by atoms with E-state index in [1.165, 1.54) is 5.56 Å². The number of hydrogen-bond acceptors (Lipinski definition) is 4. The number of nitrogen functional groups attached to an aromatic ring is 1. The van der Waals surface area contributed by atoms with E-state index < -0.39 is 0 Å². The van der Waals surface area contributed by atoms with Gasteiger partial charge in [-0.25, -0.2) is 9.97 Å². The molecule has 0 atom stereocenters. The fourth-order valence-electron chi connectivity index (χ4n) is 3.05. The zero-order chi connectivity index (χ0) is 17.8. The van der Waals surface area contributed by atoms with Crippen LogP contribution in [0.2, 0.25) is 0 Å². The van der Waals surface area contributed by atoms with Crippen molar-refractivity contribution in [1.29, 1.82) is 0 Å². The van der Waals surface area contributed by atoms with Crippen molar-refractivity contribution in [2.75, 3.05) is 17.6 Å². The third kappa shape index (κ3) is 3.37. The van der Waals surface area contributed by atoms with Crippen molar-refractivity contribution in [3.05, 3.63) is 78.8 Å². The molecule has 0 saturated heterocycles. The van der Waals surface area contributed by atoms with Crippen LogP contribution in [-0.4, -0.2) is 20.9 Å². The van der Waals surface area contributed by atoms with Gasteiger partial charge < -0.3 is 11.1 Å². The molecule has 0 aliphatic rings. The van der Waals surface area contributed by atoms with E-state index in [0.717, 1.165) is 47.8 Å². The molecule has 0 spiro atoms. The number of aromatic nitrogens is 3. The summed E-state index contributed by atoms with van der Waals surface area (Å²) in [6.45, 7) is 0.853. The highest BCUT2D eigenvalue weighted by Gasteiger charge is 2.09. The zero-order valence-electron chi connectivity index (χ0n) is 14.5.